The van der Waals surface area contributed by atoms with E-state index in [4.69, 9.17) is 5.84 Å². The van der Waals surface area contributed by atoms with Crippen LogP contribution in [0.5, 0.6) is 0 Å². The predicted octanol–water partition coefficient (Wildman–Crippen LogP) is 0.0953. The lowest BCUT2D eigenvalue weighted by molar-refractivity contribution is -0.130. The molecule has 17 heavy (non-hydrogen) atoms. The summed E-state index contributed by atoms with van der Waals surface area (Å²) in [6, 6.07) is 0. The van der Waals surface area contributed by atoms with Crippen LogP contribution >= 0.6 is 0 Å². The van der Waals surface area contributed by atoms with Crippen molar-refractivity contribution in [2.45, 2.75) is 39.7 Å². The number of amides is 1. The molecule has 0 radical (unpaired) electrons. The van der Waals surface area contributed by atoms with Gasteiger partial charge < -0.3 is 10.0 Å². The van der Waals surface area contributed by atoms with Gasteiger partial charge in [0.15, 0.2) is 0 Å². The molecule has 0 bridgehead atoms. The van der Waals surface area contributed by atoms with Crippen molar-refractivity contribution in [2.75, 3.05) is 19.6 Å². The molecule has 5 nitrogen and oxygen atoms in total. The van der Waals surface area contributed by atoms with E-state index in [0.717, 1.165) is 25.9 Å². The quantitative estimate of drug-likeness (QED) is 0.372. The molecular formula is C12H25N3O2. The van der Waals surface area contributed by atoms with Gasteiger partial charge in [-0.05, 0) is 52.6 Å². The summed E-state index contributed by atoms with van der Waals surface area (Å²) in [4.78, 5) is 13.8. The molecule has 1 atom stereocenters. The molecular weight excluding hydrogens is 218 g/mol. The SMILES string of the molecule is CC(O)C1CCN(CC(C)(C)C(=O)NN)CC1. The first-order chi connectivity index (χ1) is 7.86. The highest BCUT2D eigenvalue weighted by Gasteiger charge is 2.31. The van der Waals surface area contributed by atoms with Crippen LogP contribution in [-0.4, -0.2) is 41.7 Å². The van der Waals surface area contributed by atoms with Gasteiger partial charge in [0.2, 0.25) is 5.91 Å². The molecule has 0 aromatic carbocycles. The molecule has 1 unspecified atom stereocenters. The van der Waals surface area contributed by atoms with E-state index >= 15 is 0 Å². The highest BCUT2D eigenvalue weighted by Crippen LogP contribution is 2.24. The fourth-order valence-electron chi connectivity index (χ4n) is 2.42. The lowest BCUT2D eigenvalue weighted by Crippen LogP contribution is -2.49. The van der Waals surface area contributed by atoms with Gasteiger partial charge in [-0.1, -0.05) is 0 Å². The molecule has 0 aliphatic carbocycles. The first kappa shape index (κ1) is 14.4. The van der Waals surface area contributed by atoms with Crippen molar-refractivity contribution in [3.05, 3.63) is 0 Å². The van der Waals surface area contributed by atoms with Crippen LogP contribution < -0.4 is 11.3 Å². The zero-order valence-corrected chi connectivity index (χ0v) is 11.1. The van der Waals surface area contributed by atoms with Gasteiger partial charge >= 0.3 is 0 Å². The van der Waals surface area contributed by atoms with Crippen molar-refractivity contribution in [1.29, 1.82) is 0 Å². The number of likely N-dealkylation sites (tertiary alicyclic amines) is 1. The Balaban J connectivity index is 2.42. The van der Waals surface area contributed by atoms with Crippen molar-refractivity contribution >= 4 is 5.91 Å². The third-order valence-corrected chi connectivity index (χ3v) is 3.68. The monoisotopic (exact) mass is 243 g/mol. The average Bonchev–Trinajstić information content (AvgIpc) is 2.28. The Morgan fingerprint density at radius 2 is 2.06 bits per heavy atom. The second kappa shape index (κ2) is 5.80. The third-order valence-electron chi connectivity index (χ3n) is 3.68. The molecule has 0 spiro atoms. The van der Waals surface area contributed by atoms with E-state index in [9.17, 15) is 9.90 Å². The number of aliphatic hydroxyl groups is 1. The maximum atomic E-state index is 11.6. The maximum absolute atomic E-state index is 11.6. The Morgan fingerprint density at radius 3 is 2.47 bits per heavy atom. The first-order valence-electron chi connectivity index (χ1n) is 6.28. The van der Waals surface area contributed by atoms with Crippen LogP contribution in [0.25, 0.3) is 0 Å². The number of aliphatic hydroxyl groups excluding tert-OH is 1. The van der Waals surface area contributed by atoms with E-state index in [1.165, 1.54) is 0 Å². The van der Waals surface area contributed by atoms with Gasteiger partial charge in [0, 0.05) is 6.54 Å². The van der Waals surface area contributed by atoms with Crippen LogP contribution in [0.1, 0.15) is 33.6 Å². The van der Waals surface area contributed by atoms with Crippen molar-refractivity contribution in [2.24, 2.45) is 17.2 Å². The van der Waals surface area contributed by atoms with E-state index in [1.807, 2.05) is 20.8 Å². The fraction of sp³-hybridized carbons (Fsp3) is 0.917. The van der Waals surface area contributed by atoms with E-state index in [1.54, 1.807) is 0 Å². The zero-order chi connectivity index (χ0) is 13.1. The summed E-state index contributed by atoms with van der Waals surface area (Å²) in [5.41, 5.74) is 1.75. The van der Waals surface area contributed by atoms with Crippen LogP contribution in [0.4, 0.5) is 0 Å². The minimum Gasteiger partial charge on any atom is -0.393 e. The van der Waals surface area contributed by atoms with Crippen LogP contribution in [0, 0.1) is 11.3 Å². The predicted molar refractivity (Wildman–Crippen MR) is 67.0 cm³/mol. The maximum Gasteiger partial charge on any atom is 0.240 e. The Bertz CT molecular complexity index is 258. The lowest BCUT2D eigenvalue weighted by atomic mass is 9.88. The van der Waals surface area contributed by atoms with E-state index in [0.29, 0.717) is 12.5 Å². The normalized spacial score (nSPS) is 21.2. The topological polar surface area (TPSA) is 78.6 Å². The second-order valence-corrected chi connectivity index (χ2v) is 5.71. The second-order valence-electron chi connectivity index (χ2n) is 5.71. The number of piperidine rings is 1. The van der Waals surface area contributed by atoms with Crippen molar-refractivity contribution in [1.82, 2.24) is 10.3 Å². The molecule has 0 aromatic heterocycles. The molecule has 1 fully saturated rings. The fourth-order valence-corrected chi connectivity index (χ4v) is 2.42. The summed E-state index contributed by atoms with van der Waals surface area (Å²) >= 11 is 0. The van der Waals surface area contributed by atoms with Gasteiger partial charge in [0.05, 0.1) is 11.5 Å². The highest BCUT2D eigenvalue weighted by atomic mass is 16.3. The van der Waals surface area contributed by atoms with Gasteiger partial charge in [-0.2, -0.15) is 0 Å². The molecule has 1 amide bonds. The van der Waals surface area contributed by atoms with Gasteiger partial charge in [-0.15, -0.1) is 0 Å². The van der Waals surface area contributed by atoms with Gasteiger partial charge in [0.1, 0.15) is 0 Å². The largest absolute Gasteiger partial charge is 0.393 e. The van der Waals surface area contributed by atoms with Crippen LogP contribution in [0.2, 0.25) is 0 Å². The molecule has 1 saturated heterocycles. The Kier molecular flexibility index (Phi) is 4.91. The molecule has 0 saturated carbocycles. The molecule has 4 N–H and O–H groups in total. The highest BCUT2D eigenvalue weighted by molar-refractivity contribution is 5.81. The van der Waals surface area contributed by atoms with E-state index < -0.39 is 5.41 Å². The number of hydrogen-bond acceptors (Lipinski definition) is 4. The summed E-state index contributed by atoms with van der Waals surface area (Å²) in [5.74, 6) is 5.45. The third kappa shape index (κ3) is 3.94. The summed E-state index contributed by atoms with van der Waals surface area (Å²) in [6.45, 7) is 8.24. The van der Waals surface area contributed by atoms with Crippen LogP contribution in [0.3, 0.4) is 0 Å². The number of hydrogen-bond donors (Lipinski definition) is 3. The summed E-state index contributed by atoms with van der Waals surface area (Å²) < 4.78 is 0. The number of carbonyl (C=O) groups is 1. The van der Waals surface area contributed by atoms with Gasteiger partial charge in [-0.3, -0.25) is 10.2 Å². The number of hydrazine groups is 1. The molecule has 1 aliphatic rings. The molecule has 5 heteroatoms. The smallest absolute Gasteiger partial charge is 0.240 e. The summed E-state index contributed by atoms with van der Waals surface area (Å²) in [6.07, 6.45) is 1.77. The Labute approximate surface area is 103 Å². The van der Waals surface area contributed by atoms with Crippen molar-refractivity contribution in [3.8, 4) is 0 Å². The Morgan fingerprint density at radius 1 is 1.53 bits per heavy atom. The van der Waals surface area contributed by atoms with E-state index in [2.05, 4.69) is 10.3 Å². The molecule has 1 heterocycles. The first-order valence-corrected chi connectivity index (χ1v) is 6.28. The number of nitrogens with one attached hydrogen (secondary N) is 1. The van der Waals surface area contributed by atoms with E-state index in [-0.39, 0.29) is 12.0 Å². The van der Waals surface area contributed by atoms with Crippen molar-refractivity contribution in [3.63, 3.8) is 0 Å². The number of carbonyl (C=O) groups excluding carboxylic acids is 1. The standard InChI is InChI=1S/C12H25N3O2/c1-9(16)10-4-6-15(7-5-10)8-12(2,3)11(17)14-13/h9-10,16H,4-8,13H2,1-3H3,(H,14,17). The minimum atomic E-state index is -0.466. The lowest BCUT2D eigenvalue weighted by Gasteiger charge is -2.37. The zero-order valence-electron chi connectivity index (χ0n) is 11.1. The summed E-state index contributed by atoms with van der Waals surface area (Å²) in [7, 11) is 0. The van der Waals surface area contributed by atoms with Gasteiger partial charge in [-0.25, -0.2) is 5.84 Å². The van der Waals surface area contributed by atoms with Crippen LogP contribution in [0.15, 0.2) is 0 Å². The number of rotatable bonds is 4. The molecule has 1 rings (SSSR count). The molecule has 100 valence electrons. The minimum absolute atomic E-state index is 0.129. The Hall–Kier alpha value is -0.650. The average molecular weight is 243 g/mol. The van der Waals surface area contributed by atoms with Crippen LogP contribution in [-0.2, 0) is 4.79 Å². The van der Waals surface area contributed by atoms with Gasteiger partial charge in [0.25, 0.3) is 0 Å². The summed E-state index contributed by atoms with van der Waals surface area (Å²) in [5, 5.41) is 9.52. The number of nitrogens with two attached hydrogens (primary N) is 1. The number of nitrogens with zero attached hydrogens (tertiary/aromatic N) is 1. The molecule has 1 aliphatic heterocycles. The molecule has 0 aromatic rings. The van der Waals surface area contributed by atoms with Crippen molar-refractivity contribution < 1.29 is 9.90 Å².